The van der Waals surface area contributed by atoms with Crippen LogP contribution in [-0.4, -0.2) is 13.5 Å². The average Bonchev–Trinajstić information content (AvgIpc) is 2.38. The molecule has 6 heteroatoms. The predicted octanol–water partition coefficient (Wildman–Crippen LogP) is 2.71. The van der Waals surface area contributed by atoms with Crippen LogP contribution in [0.3, 0.4) is 0 Å². The van der Waals surface area contributed by atoms with Gasteiger partial charge in [0.1, 0.15) is 10.6 Å². The Labute approximate surface area is 119 Å². The van der Waals surface area contributed by atoms with E-state index in [1.165, 1.54) is 6.07 Å². The third-order valence-corrected chi connectivity index (χ3v) is 4.25. The van der Waals surface area contributed by atoms with Crippen LogP contribution in [0.15, 0.2) is 57.9 Å². The molecule has 4 nitrogen and oxygen atoms in total. The SMILES string of the molecule is O=S(=O)(Oc1ccccc1)c1ccc(Br)cc1CO. The zero-order valence-corrected chi connectivity index (χ0v) is 12.2. The molecule has 0 aliphatic heterocycles. The average molecular weight is 343 g/mol. The number of aliphatic hydroxyl groups is 1. The number of hydrogen-bond donors (Lipinski definition) is 1. The third kappa shape index (κ3) is 3.34. The molecule has 0 radical (unpaired) electrons. The highest BCUT2D eigenvalue weighted by atomic mass is 79.9. The van der Waals surface area contributed by atoms with E-state index in [-0.39, 0.29) is 22.8 Å². The fourth-order valence-corrected chi connectivity index (χ4v) is 3.11. The van der Waals surface area contributed by atoms with Crippen LogP contribution in [0, 0.1) is 0 Å². The van der Waals surface area contributed by atoms with Crippen LogP contribution < -0.4 is 4.18 Å². The molecule has 0 amide bonds. The van der Waals surface area contributed by atoms with Crippen molar-refractivity contribution < 1.29 is 17.7 Å². The molecule has 0 heterocycles. The molecule has 0 aliphatic rings. The summed E-state index contributed by atoms with van der Waals surface area (Å²) in [7, 11) is -3.95. The van der Waals surface area contributed by atoms with E-state index in [1.807, 2.05) is 0 Å². The van der Waals surface area contributed by atoms with Crippen LogP contribution in [0.4, 0.5) is 0 Å². The Bertz CT molecular complexity index is 668. The summed E-state index contributed by atoms with van der Waals surface area (Å²) in [5.41, 5.74) is 0.283. The van der Waals surface area contributed by atoms with Gasteiger partial charge in [-0.3, -0.25) is 0 Å². The van der Waals surface area contributed by atoms with E-state index in [9.17, 15) is 13.5 Å². The second-order valence-corrected chi connectivity index (χ2v) is 6.19. The van der Waals surface area contributed by atoms with Gasteiger partial charge < -0.3 is 9.29 Å². The van der Waals surface area contributed by atoms with E-state index in [0.29, 0.717) is 4.47 Å². The number of rotatable bonds is 4. The highest BCUT2D eigenvalue weighted by Gasteiger charge is 2.20. The molecular formula is C13H11BrO4S. The monoisotopic (exact) mass is 342 g/mol. The normalized spacial score (nSPS) is 11.3. The van der Waals surface area contributed by atoms with E-state index in [1.54, 1.807) is 42.5 Å². The molecule has 19 heavy (non-hydrogen) atoms. The quantitative estimate of drug-likeness (QED) is 0.867. The lowest BCUT2D eigenvalue weighted by Gasteiger charge is -2.10. The second kappa shape index (κ2) is 5.73. The molecule has 100 valence electrons. The molecule has 0 fully saturated rings. The van der Waals surface area contributed by atoms with Crippen LogP contribution in [0.5, 0.6) is 5.75 Å². The number of benzene rings is 2. The van der Waals surface area contributed by atoms with Crippen molar-refractivity contribution in [2.45, 2.75) is 11.5 Å². The topological polar surface area (TPSA) is 63.6 Å². The summed E-state index contributed by atoms with van der Waals surface area (Å²) in [6.45, 7) is -0.383. The zero-order chi connectivity index (χ0) is 13.9. The predicted molar refractivity (Wildman–Crippen MR) is 74.3 cm³/mol. The first-order valence-electron chi connectivity index (χ1n) is 5.42. The van der Waals surface area contributed by atoms with Crippen LogP contribution >= 0.6 is 15.9 Å². The van der Waals surface area contributed by atoms with Gasteiger partial charge in [-0.15, -0.1) is 0 Å². The number of aliphatic hydroxyl groups excluding tert-OH is 1. The fourth-order valence-electron chi connectivity index (χ4n) is 1.56. The molecular weight excluding hydrogens is 332 g/mol. The maximum absolute atomic E-state index is 12.1. The minimum Gasteiger partial charge on any atom is -0.392 e. The maximum atomic E-state index is 12.1. The van der Waals surface area contributed by atoms with Crippen LogP contribution in [0.25, 0.3) is 0 Å². The van der Waals surface area contributed by atoms with E-state index >= 15 is 0 Å². The summed E-state index contributed by atoms with van der Waals surface area (Å²) in [5, 5.41) is 9.23. The van der Waals surface area contributed by atoms with Gasteiger partial charge in [-0.05, 0) is 30.3 Å². The Kier molecular flexibility index (Phi) is 4.24. The van der Waals surface area contributed by atoms with Crippen molar-refractivity contribution in [3.05, 3.63) is 58.6 Å². The standard InChI is InChI=1S/C13H11BrO4S/c14-11-6-7-13(10(8-11)9-15)19(16,17)18-12-4-2-1-3-5-12/h1-8,15H,9H2. The Morgan fingerprint density at radius 1 is 1.11 bits per heavy atom. The van der Waals surface area contributed by atoms with Gasteiger partial charge in [0.05, 0.1) is 6.61 Å². The van der Waals surface area contributed by atoms with Crippen molar-refractivity contribution in [1.29, 1.82) is 0 Å². The molecule has 0 spiro atoms. The summed E-state index contributed by atoms with van der Waals surface area (Å²) in [5.74, 6) is 0.231. The highest BCUT2D eigenvalue weighted by molar-refractivity contribution is 9.10. The zero-order valence-electron chi connectivity index (χ0n) is 9.78. The number of halogens is 1. The van der Waals surface area contributed by atoms with Crippen LogP contribution in [-0.2, 0) is 16.7 Å². The lowest BCUT2D eigenvalue weighted by molar-refractivity contribution is 0.278. The summed E-state index contributed by atoms with van der Waals surface area (Å²) in [6.07, 6.45) is 0. The van der Waals surface area contributed by atoms with E-state index in [2.05, 4.69) is 15.9 Å². The molecule has 0 saturated carbocycles. The molecule has 1 N–H and O–H groups in total. The van der Waals surface area contributed by atoms with Gasteiger partial charge >= 0.3 is 10.1 Å². The molecule has 0 saturated heterocycles. The lowest BCUT2D eigenvalue weighted by Crippen LogP contribution is -2.12. The summed E-state index contributed by atoms with van der Waals surface area (Å²) in [6, 6.07) is 12.7. The van der Waals surface area contributed by atoms with Crippen molar-refractivity contribution in [3.8, 4) is 5.75 Å². The van der Waals surface area contributed by atoms with Crippen LogP contribution in [0.1, 0.15) is 5.56 Å². The number of hydrogen-bond acceptors (Lipinski definition) is 4. The van der Waals surface area contributed by atoms with E-state index in [0.717, 1.165) is 0 Å². The van der Waals surface area contributed by atoms with E-state index in [4.69, 9.17) is 4.18 Å². The molecule has 2 aromatic rings. The summed E-state index contributed by atoms with van der Waals surface area (Å²) >= 11 is 3.22. The molecule has 2 rings (SSSR count). The lowest BCUT2D eigenvalue weighted by atomic mass is 10.2. The minimum atomic E-state index is -3.95. The molecule has 0 aromatic heterocycles. The smallest absolute Gasteiger partial charge is 0.339 e. The van der Waals surface area contributed by atoms with Crippen molar-refractivity contribution in [2.75, 3.05) is 0 Å². The molecule has 0 aliphatic carbocycles. The number of para-hydroxylation sites is 1. The highest BCUT2D eigenvalue weighted by Crippen LogP contribution is 2.24. The van der Waals surface area contributed by atoms with Gasteiger partial charge in [-0.2, -0.15) is 8.42 Å². The van der Waals surface area contributed by atoms with Crippen molar-refractivity contribution >= 4 is 26.0 Å². The maximum Gasteiger partial charge on any atom is 0.339 e. The molecule has 0 atom stereocenters. The minimum absolute atomic E-state index is 0.0398. The first-order chi connectivity index (χ1) is 9.03. The van der Waals surface area contributed by atoms with Gasteiger partial charge in [0.15, 0.2) is 0 Å². The third-order valence-electron chi connectivity index (χ3n) is 2.41. The molecule has 0 unspecified atom stereocenters. The summed E-state index contributed by atoms with van der Waals surface area (Å²) < 4.78 is 30.0. The first kappa shape index (κ1) is 14.0. The fraction of sp³-hybridized carbons (Fsp3) is 0.0769. The van der Waals surface area contributed by atoms with Crippen molar-refractivity contribution in [1.82, 2.24) is 0 Å². The Morgan fingerprint density at radius 3 is 2.42 bits per heavy atom. The largest absolute Gasteiger partial charge is 0.392 e. The van der Waals surface area contributed by atoms with Gasteiger partial charge in [0.25, 0.3) is 0 Å². The van der Waals surface area contributed by atoms with Gasteiger partial charge in [-0.25, -0.2) is 0 Å². The Hall–Kier alpha value is -1.37. The van der Waals surface area contributed by atoms with Crippen molar-refractivity contribution in [2.24, 2.45) is 0 Å². The first-order valence-corrected chi connectivity index (χ1v) is 7.62. The van der Waals surface area contributed by atoms with E-state index < -0.39 is 10.1 Å². The second-order valence-electron chi connectivity index (χ2n) is 3.76. The molecule has 0 bridgehead atoms. The molecule has 2 aromatic carbocycles. The summed E-state index contributed by atoms with van der Waals surface area (Å²) in [4.78, 5) is -0.0398. The van der Waals surface area contributed by atoms with Crippen molar-refractivity contribution in [3.63, 3.8) is 0 Å². The van der Waals surface area contributed by atoms with Crippen LogP contribution in [0.2, 0.25) is 0 Å². The Morgan fingerprint density at radius 2 is 1.79 bits per heavy atom. The Balaban J connectivity index is 2.40. The van der Waals surface area contributed by atoms with Gasteiger partial charge in [0.2, 0.25) is 0 Å². The van der Waals surface area contributed by atoms with Gasteiger partial charge in [0, 0.05) is 10.0 Å². The van der Waals surface area contributed by atoms with Gasteiger partial charge in [-0.1, -0.05) is 34.1 Å².